The Morgan fingerprint density at radius 2 is 1.80 bits per heavy atom. The van der Waals surface area contributed by atoms with Crippen molar-refractivity contribution in [3.05, 3.63) is 65.7 Å². The molecule has 0 aliphatic rings. The number of hydrogen-bond donors (Lipinski definition) is 2. The molecule has 0 amide bonds. The first-order valence-electron chi connectivity index (χ1n) is 6.39. The fourth-order valence-electron chi connectivity index (χ4n) is 1.84. The highest BCUT2D eigenvalue weighted by molar-refractivity contribution is 5.73. The molecule has 0 radical (unpaired) electrons. The third-order valence-electron chi connectivity index (χ3n) is 2.92. The number of benzene rings is 2. The third kappa shape index (κ3) is 4.10. The molecular formula is C16H17NO3. The molecule has 1 unspecified atom stereocenters. The summed E-state index contributed by atoms with van der Waals surface area (Å²) in [5, 5.41) is 8.81. The first-order valence-corrected chi connectivity index (χ1v) is 6.39. The van der Waals surface area contributed by atoms with Crippen molar-refractivity contribution in [1.82, 2.24) is 0 Å². The standard InChI is InChI=1S/C16H17NO3/c17-15(16(18)19)10-13-7-4-8-14(9-13)20-11-12-5-2-1-3-6-12/h1-9,15H,10-11,17H2,(H,18,19). The van der Waals surface area contributed by atoms with Crippen molar-refractivity contribution in [3.8, 4) is 5.75 Å². The molecule has 0 saturated carbocycles. The molecule has 0 saturated heterocycles. The van der Waals surface area contributed by atoms with Gasteiger partial charge in [0.25, 0.3) is 0 Å². The Balaban J connectivity index is 1.97. The highest BCUT2D eigenvalue weighted by Gasteiger charge is 2.12. The van der Waals surface area contributed by atoms with Gasteiger partial charge in [0.1, 0.15) is 18.4 Å². The first kappa shape index (κ1) is 14.1. The van der Waals surface area contributed by atoms with Crippen molar-refractivity contribution in [1.29, 1.82) is 0 Å². The van der Waals surface area contributed by atoms with Crippen LogP contribution in [0.2, 0.25) is 0 Å². The number of rotatable bonds is 6. The second-order valence-electron chi connectivity index (χ2n) is 4.57. The molecule has 0 fully saturated rings. The van der Waals surface area contributed by atoms with Gasteiger partial charge in [0.05, 0.1) is 0 Å². The molecule has 1 atom stereocenters. The molecule has 0 aliphatic heterocycles. The topological polar surface area (TPSA) is 72.5 Å². The van der Waals surface area contributed by atoms with Crippen LogP contribution in [0.1, 0.15) is 11.1 Å². The molecule has 0 spiro atoms. The zero-order valence-corrected chi connectivity index (χ0v) is 11.0. The highest BCUT2D eigenvalue weighted by Crippen LogP contribution is 2.16. The van der Waals surface area contributed by atoms with Gasteiger partial charge in [0.15, 0.2) is 0 Å². The molecule has 2 aromatic carbocycles. The largest absolute Gasteiger partial charge is 0.489 e. The molecule has 20 heavy (non-hydrogen) atoms. The van der Waals surface area contributed by atoms with E-state index in [1.807, 2.05) is 54.6 Å². The monoisotopic (exact) mass is 271 g/mol. The van der Waals surface area contributed by atoms with Gasteiger partial charge >= 0.3 is 5.97 Å². The number of carboxylic acids is 1. The van der Waals surface area contributed by atoms with E-state index < -0.39 is 12.0 Å². The van der Waals surface area contributed by atoms with Gasteiger partial charge in [-0.15, -0.1) is 0 Å². The van der Waals surface area contributed by atoms with Crippen LogP contribution in [-0.4, -0.2) is 17.1 Å². The maximum atomic E-state index is 10.7. The molecule has 4 nitrogen and oxygen atoms in total. The summed E-state index contributed by atoms with van der Waals surface area (Å²) in [5.41, 5.74) is 7.46. The van der Waals surface area contributed by atoms with Crippen LogP contribution in [0.15, 0.2) is 54.6 Å². The van der Waals surface area contributed by atoms with Crippen LogP contribution in [0.5, 0.6) is 5.75 Å². The molecule has 104 valence electrons. The SMILES string of the molecule is NC(Cc1cccc(OCc2ccccc2)c1)C(=O)O. The minimum Gasteiger partial charge on any atom is -0.489 e. The lowest BCUT2D eigenvalue weighted by Crippen LogP contribution is -2.32. The van der Waals surface area contributed by atoms with Gasteiger partial charge in [-0.2, -0.15) is 0 Å². The van der Waals surface area contributed by atoms with Gasteiger partial charge in [-0.3, -0.25) is 4.79 Å². The van der Waals surface area contributed by atoms with Crippen LogP contribution in [-0.2, 0) is 17.8 Å². The maximum Gasteiger partial charge on any atom is 0.320 e. The van der Waals surface area contributed by atoms with E-state index >= 15 is 0 Å². The number of aliphatic carboxylic acids is 1. The van der Waals surface area contributed by atoms with Crippen molar-refractivity contribution >= 4 is 5.97 Å². The van der Waals surface area contributed by atoms with E-state index in [9.17, 15) is 4.79 Å². The van der Waals surface area contributed by atoms with E-state index in [2.05, 4.69) is 0 Å². The van der Waals surface area contributed by atoms with E-state index in [4.69, 9.17) is 15.6 Å². The summed E-state index contributed by atoms with van der Waals surface area (Å²) >= 11 is 0. The van der Waals surface area contributed by atoms with Crippen LogP contribution in [0, 0.1) is 0 Å². The first-order chi connectivity index (χ1) is 9.65. The maximum absolute atomic E-state index is 10.7. The fraction of sp³-hybridized carbons (Fsp3) is 0.188. The number of carbonyl (C=O) groups is 1. The Labute approximate surface area is 117 Å². The summed E-state index contributed by atoms with van der Waals surface area (Å²) in [6.07, 6.45) is 0.290. The molecule has 3 N–H and O–H groups in total. The van der Waals surface area contributed by atoms with Crippen molar-refractivity contribution in [3.63, 3.8) is 0 Å². The lowest BCUT2D eigenvalue weighted by Gasteiger charge is -2.10. The molecule has 2 rings (SSSR count). The van der Waals surface area contributed by atoms with Crippen LogP contribution >= 0.6 is 0 Å². The molecule has 0 bridgehead atoms. The zero-order chi connectivity index (χ0) is 14.4. The average Bonchev–Trinajstić information content (AvgIpc) is 2.46. The van der Waals surface area contributed by atoms with Crippen molar-refractivity contribution in [2.45, 2.75) is 19.1 Å². The van der Waals surface area contributed by atoms with Crippen LogP contribution in [0.4, 0.5) is 0 Å². The Kier molecular flexibility index (Phi) is 4.74. The normalized spacial score (nSPS) is 11.8. The zero-order valence-electron chi connectivity index (χ0n) is 11.0. The molecule has 4 heteroatoms. The van der Waals surface area contributed by atoms with E-state index in [0.29, 0.717) is 12.4 Å². The van der Waals surface area contributed by atoms with Crippen molar-refractivity contribution in [2.75, 3.05) is 0 Å². The molecule has 0 aromatic heterocycles. The molecule has 0 heterocycles. The fourth-order valence-corrected chi connectivity index (χ4v) is 1.84. The smallest absolute Gasteiger partial charge is 0.320 e. The quantitative estimate of drug-likeness (QED) is 0.845. The Hall–Kier alpha value is -2.33. The van der Waals surface area contributed by atoms with E-state index in [1.54, 1.807) is 0 Å². The minimum atomic E-state index is -0.999. The van der Waals surface area contributed by atoms with Gasteiger partial charge < -0.3 is 15.6 Å². The summed E-state index contributed by atoms with van der Waals surface area (Å²) in [5.74, 6) is -0.287. The highest BCUT2D eigenvalue weighted by atomic mass is 16.5. The molecule has 0 aliphatic carbocycles. The Bertz CT molecular complexity index is 569. The summed E-state index contributed by atoms with van der Waals surface area (Å²) in [6.45, 7) is 0.481. The second kappa shape index (κ2) is 6.73. The molecule has 2 aromatic rings. The van der Waals surface area contributed by atoms with Crippen LogP contribution in [0.3, 0.4) is 0 Å². The number of ether oxygens (including phenoxy) is 1. The summed E-state index contributed by atoms with van der Waals surface area (Å²) < 4.78 is 5.69. The van der Waals surface area contributed by atoms with Gasteiger partial charge in [-0.25, -0.2) is 0 Å². The molecular weight excluding hydrogens is 254 g/mol. The lowest BCUT2D eigenvalue weighted by atomic mass is 10.1. The van der Waals surface area contributed by atoms with Crippen LogP contribution < -0.4 is 10.5 Å². The number of nitrogens with two attached hydrogens (primary N) is 1. The van der Waals surface area contributed by atoms with Crippen LogP contribution in [0.25, 0.3) is 0 Å². The van der Waals surface area contributed by atoms with Gasteiger partial charge in [0.2, 0.25) is 0 Å². The van der Waals surface area contributed by atoms with Crippen molar-refractivity contribution in [2.24, 2.45) is 5.73 Å². The van der Waals surface area contributed by atoms with Crippen molar-refractivity contribution < 1.29 is 14.6 Å². The third-order valence-corrected chi connectivity index (χ3v) is 2.92. The second-order valence-corrected chi connectivity index (χ2v) is 4.57. The summed E-state index contributed by atoms with van der Waals surface area (Å²) in [7, 11) is 0. The van der Waals surface area contributed by atoms with E-state index in [0.717, 1.165) is 11.1 Å². The van der Waals surface area contributed by atoms with E-state index in [-0.39, 0.29) is 6.42 Å². The Morgan fingerprint density at radius 3 is 2.50 bits per heavy atom. The van der Waals surface area contributed by atoms with E-state index in [1.165, 1.54) is 0 Å². The summed E-state index contributed by atoms with van der Waals surface area (Å²) in [4.78, 5) is 10.7. The predicted octanol–water partition coefficient (Wildman–Crippen LogP) is 2.22. The number of carboxylic acid groups (broad SMARTS) is 1. The van der Waals surface area contributed by atoms with Gasteiger partial charge in [-0.05, 0) is 29.7 Å². The number of hydrogen-bond acceptors (Lipinski definition) is 3. The minimum absolute atomic E-state index is 0.290. The average molecular weight is 271 g/mol. The van der Waals surface area contributed by atoms with Gasteiger partial charge in [0, 0.05) is 0 Å². The predicted molar refractivity (Wildman–Crippen MR) is 76.5 cm³/mol. The van der Waals surface area contributed by atoms with Gasteiger partial charge in [-0.1, -0.05) is 42.5 Å². The lowest BCUT2D eigenvalue weighted by molar-refractivity contribution is -0.138. The summed E-state index contributed by atoms with van der Waals surface area (Å²) in [6, 6.07) is 16.3. The Morgan fingerprint density at radius 1 is 1.10 bits per heavy atom.